The van der Waals surface area contributed by atoms with Crippen LogP contribution in [0.25, 0.3) is 0 Å². The van der Waals surface area contributed by atoms with Crippen LogP contribution in [0.15, 0.2) is 42.0 Å². The van der Waals surface area contributed by atoms with E-state index in [0.717, 1.165) is 76.8 Å². The minimum Gasteiger partial charge on any atom is -0.413 e. The van der Waals surface area contributed by atoms with Crippen molar-refractivity contribution in [1.82, 2.24) is 10.2 Å². The fourth-order valence-electron chi connectivity index (χ4n) is 5.25. The molecular formula is C30H50N2O3Si. The van der Waals surface area contributed by atoms with Crippen molar-refractivity contribution in [3.63, 3.8) is 0 Å². The van der Waals surface area contributed by atoms with Crippen molar-refractivity contribution in [1.29, 1.82) is 0 Å². The summed E-state index contributed by atoms with van der Waals surface area (Å²) in [6.07, 6.45) is 9.19. The second-order valence-corrected chi connectivity index (χ2v) is 17.4. The van der Waals surface area contributed by atoms with Crippen molar-refractivity contribution in [3.8, 4) is 0 Å². The minimum atomic E-state index is -1.71. The van der Waals surface area contributed by atoms with E-state index in [9.17, 15) is 9.90 Å². The number of hydrogen-bond donors (Lipinski definition) is 2. The molecule has 202 valence electrons. The number of carbonyl (C=O) groups excluding carboxylic acids is 1. The Morgan fingerprint density at radius 1 is 1.11 bits per heavy atom. The van der Waals surface area contributed by atoms with Gasteiger partial charge in [0.15, 0.2) is 13.9 Å². The van der Waals surface area contributed by atoms with E-state index in [1.54, 1.807) is 0 Å². The van der Waals surface area contributed by atoms with Crippen molar-refractivity contribution in [2.45, 2.75) is 102 Å². The molecule has 6 heteroatoms. The fourth-order valence-corrected chi connectivity index (χ4v) is 6.27. The molecule has 1 aromatic carbocycles. The maximum atomic E-state index is 13.5. The summed E-state index contributed by atoms with van der Waals surface area (Å²) >= 11 is 0. The number of piperidine rings is 1. The lowest BCUT2D eigenvalue weighted by atomic mass is 9.79. The average Bonchev–Trinajstić information content (AvgIpc) is 3.39. The van der Waals surface area contributed by atoms with Crippen LogP contribution in [-0.2, 0) is 14.8 Å². The number of nitrogens with one attached hydrogen (secondary N) is 1. The third-order valence-corrected chi connectivity index (χ3v) is 13.3. The van der Waals surface area contributed by atoms with E-state index < -0.39 is 13.9 Å². The Morgan fingerprint density at radius 3 is 2.31 bits per heavy atom. The van der Waals surface area contributed by atoms with Crippen molar-refractivity contribution < 1.29 is 14.3 Å². The summed E-state index contributed by atoms with van der Waals surface area (Å²) in [6.45, 7) is 17.3. The van der Waals surface area contributed by atoms with Gasteiger partial charge in [-0.2, -0.15) is 0 Å². The van der Waals surface area contributed by atoms with Gasteiger partial charge in [0.2, 0.25) is 0 Å². The number of hydrogen-bond acceptors (Lipinski definition) is 4. The van der Waals surface area contributed by atoms with Gasteiger partial charge >= 0.3 is 0 Å². The quantitative estimate of drug-likeness (QED) is 0.297. The first-order chi connectivity index (χ1) is 16.9. The van der Waals surface area contributed by atoms with Crippen molar-refractivity contribution >= 4 is 14.2 Å². The van der Waals surface area contributed by atoms with Crippen LogP contribution in [-0.4, -0.2) is 56.5 Å². The summed E-state index contributed by atoms with van der Waals surface area (Å²) in [7, 11) is -1.71. The second-order valence-electron chi connectivity index (χ2n) is 12.6. The van der Waals surface area contributed by atoms with Gasteiger partial charge in [0.25, 0.3) is 5.91 Å². The molecule has 1 amide bonds. The zero-order valence-corrected chi connectivity index (χ0v) is 24.6. The van der Waals surface area contributed by atoms with Gasteiger partial charge in [-0.05, 0) is 62.7 Å². The molecule has 1 aliphatic carbocycles. The van der Waals surface area contributed by atoms with Gasteiger partial charge in [-0.15, -0.1) is 0 Å². The average molecular weight is 515 g/mol. The Morgan fingerprint density at radius 2 is 1.72 bits per heavy atom. The van der Waals surface area contributed by atoms with Gasteiger partial charge < -0.3 is 19.7 Å². The molecule has 1 saturated carbocycles. The molecule has 5 nitrogen and oxygen atoms in total. The lowest BCUT2D eigenvalue weighted by Crippen LogP contribution is -2.54. The Kier molecular flexibility index (Phi) is 10.0. The summed E-state index contributed by atoms with van der Waals surface area (Å²) in [5.74, 6) is -0.213. The predicted octanol–water partition coefficient (Wildman–Crippen LogP) is 6.00. The lowest BCUT2D eigenvalue weighted by Gasteiger charge is -2.37. The molecule has 0 spiro atoms. The molecule has 0 bridgehead atoms. The standard InChI is InChI=1S/C30H50N2O3Si/c1-24(23-35-36(5,6)29(2,3)4)13-12-20-32-21-18-27(19-22-32)31-28(33)30(34,26-16-10-11-17-26)25-14-8-7-9-15-25/h7-9,13-15,26-27,34H,10-12,16-23H2,1-6H3,(H,31,33)/b24-13+. The van der Waals surface area contributed by atoms with E-state index in [1.807, 2.05) is 30.3 Å². The zero-order valence-electron chi connectivity index (χ0n) is 23.6. The molecule has 2 aliphatic rings. The van der Waals surface area contributed by atoms with E-state index >= 15 is 0 Å². The molecule has 1 saturated heterocycles. The van der Waals surface area contributed by atoms with Crippen LogP contribution in [0.2, 0.25) is 18.1 Å². The zero-order chi connectivity index (χ0) is 26.4. The molecule has 2 fully saturated rings. The predicted molar refractivity (Wildman–Crippen MR) is 151 cm³/mol. The van der Waals surface area contributed by atoms with E-state index in [0.29, 0.717) is 0 Å². The number of amides is 1. The number of benzene rings is 1. The molecule has 3 rings (SSSR count). The monoisotopic (exact) mass is 514 g/mol. The molecule has 1 aromatic rings. The highest BCUT2D eigenvalue weighted by Gasteiger charge is 2.47. The van der Waals surface area contributed by atoms with Gasteiger partial charge in [-0.3, -0.25) is 4.79 Å². The molecule has 2 N–H and O–H groups in total. The smallest absolute Gasteiger partial charge is 0.257 e. The number of likely N-dealkylation sites (tertiary alicyclic amines) is 1. The highest BCUT2D eigenvalue weighted by molar-refractivity contribution is 6.74. The van der Waals surface area contributed by atoms with Gasteiger partial charge in [0.05, 0.1) is 6.61 Å². The van der Waals surface area contributed by atoms with Crippen LogP contribution in [0.4, 0.5) is 0 Å². The third-order valence-electron chi connectivity index (χ3n) is 8.83. The van der Waals surface area contributed by atoms with Crippen LogP contribution in [0.1, 0.15) is 78.2 Å². The largest absolute Gasteiger partial charge is 0.413 e. The first-order valence-corrected chi connectivity index (χ1v) is 16.9. The summed E-state index contributed by atoms with van der Waals surface area (Å²) < 4.78 is 6.34. The maximum Gasteiger partial charge on any atom is 0.257 e. The molecule has 1 atom stereocenters. The van der Waals surface area contributed by atoms with Crippen LogP contribution < -0.4 is 5.32 Å². The Bertz CT molecular complexity index is 866. The van der Waals surface area contributed by atoms with E-state index in [1.165, 1.54) is 5.57 Å². The van der Waals surface area contributed by atoms with Crippen LogP contribution in [0.3, 0.4) is 0 Å². The first-order valence-electron chi connectivity index (χ1n) is 14.0. The number of aliphatic hydroxyl groups is 1. The number of carbonyl (C=O) groups is 1. The summed E-state index contributed by atoms with van der Waals surface area (Å²) in [5.41, 5.74) is 0.615. The van der Waals surface area contributed by atoms with Crippen LogP contribution >= 0.6 is 0 Å². The van der Waals surface area contributed by atoms with Crippen molar-refractivity contribution in [2.24, 2.45) is 5.92 Å². The normalized spacial score (nSPS) is 20.9. The molecule has 36 heavy (non-hydrogen) atoms. The van der Waals surface area contributed by atoms with E-state index in [-0.39, 0.29) is 22.9 Å². The minimum absolute atomic E-state index is 0.00404. The van der Waals surface area contributed by atoms with Crippen LogP contribution in [0, 0.1) is 5.92 Å². The van der Waals surface area contributed by atoms with E-state index in [4.69, 9.17) is 4.43 Å². The molecule has 0 radical (unpaired) electrons. The van der Waals surface area contributed by atoms with Gasteiger partial charge in [0.1, 0.15) is 0 Å². The highest BCUT2D eigenvalue weighted by atomic mass is 28.4. The Balaban J connectivity index is 1.46. The fraction of sp³-hybridized carbons (Fsp3) is 0.700. The number of nitrogens with zero attached hydrogens (tertiary/aromatic N) is 1. The second kappa shape index (κ2) is 12.4. The van der Waals surface area contributed by atoms with E-state index in [2.05, 4.69) is 57.1 Å². The first kappa shape index (κ1) is 29.1. The topological polar surface area (TPSA) is 61.8 Å². The third kappa shape index (κ3) is 7.30. The highest BCUT2D eigenvalue weighted by Crippen LogP contribution is 2.41. The SMILES string of the molecule is C/C(=C\CCN1CCC(NC(=O)C(O)(c2ccccc2)C2CCCC2)CC1)CO[Si](C)(C)C(C)(C)C. The van der Waals surface area contributed by atoms with Crippen molar-refractivity contribution in [3.05, 3.63) is 47.5 Å². The maximum absolute atomic E-state index is 13.5. The Labute approximate surface area is 220 Å². The summed E-state index contributed by atoms with van der Waals surface area (Å²) in [6, 6.07) is 9.68. The van der Waals surface area contributed by atoms with Crippen LogP contribution in [0.5, 0.6) is 0 Å². The lowest BCUT2D eigenvalue weighted by molar-refractivity contribution is -0.148. The molecular weight excluding hydrogens is 464 g/mol. The summed E-state index contributed by atoms with van der Waals surface area (Å²) in [4.78, 5) is 15.9. The van der Waals surface area contributed by atoms with Gasteiger partial charge in [0, 0.05) is 31.6 Å². The van der Waals surface area contributed by atoms with Crippen molar-refractivity contribution in [2.75, 3.05) is 26.2 Å². The summed E-state index contributed by atoms with van der Waals surface area (Å²) in [5, 5.41) is 15.2. The molecule has 1 aliphatic heterocycles. The van der Waals surface area contributed by atoms with Gasteiger partial charge in [-0.25, -0.2) is 0 Å². The van der Waals surface area contributed by atoms with Gasteiger partial charge in [-0.1, -0.05) is 75.6 Å². The molecule has 1 heterocycles. The molecule has 1 unspecified atom stereocenters. The Hall–Kier alpha value is -1.47. The number of rotatable bonds is 10. The molecule has 0 aromatic heterocycles.